The Morgan fingerprint density at radius 1 is 1.00 bits per heavy atom. The number of aromatic nitrogens is 3. The van der Waals surface area contributed by atoms with Crippen LogP contribution in [0.4, 0.5) is 0 Å². The maximum atomic E-state index is 6.78. The molecule has 2 bridgehead atoms. The Morgan fingerprint density at radius 2 is 1.75 bits per heavy atom. The van der Waals surface area contributed by atoms with Gasteiger partial charge in [-0.05, 0) is 75.6 Å². The highest BCUT2D eigenvalue weighted by Crippen LogP contribution is 2.55. The molecule has 0 N–H and O–H groups in total. The van der Waals surface area contributed by atoms with E-state index in [2.05, 4.69) is 15.1 Å². The molecule has 4 aliphatic rings. The predicted molar refractivity (Wildman–Crippen MR) is 153 cm³/mol. The summed E-state index contributed by atoms with van der Waals surface area (Å²) in [6.45, 7) is 1.15. The number of pyridine rings is 2. The van der Waals surface area contributed by atoms with E-state index < -0.39 is 0 Å². The number of methoxy groups -OCH3 is 1. The van der Waals surface area contributed by atoms with Gasteiger partial charge in [0, 0.05) is 46.4 Å². The Morgan fingerprint density at radius 3 is 2.45 bits per heavy atom. The van der Waals surface area contributed by atoms with Crippen LogP contribution in [0.1, 0.15) is 68.6 Å². The third kappa shape index (κ3) is 4.72. The maximum Gasteiger partial charge on any atom is 0.145 e. The Labute approximate surface area is 243 Å². The van der Waals surface area contributed by atoms with Crippen LogP contribution in [0, 0.1) is 5.41 Å². The Bertz CT molecular complexity index is 1520. The molecule has 8 rings (SSSR count). The summed E-state index contributed by atoms with van der Waals surface area (Å²) in [5, 5.41) is 6.29. The summed E-state index contributed by atoms with van der Waals surface area (Å²) in [4.78, 5) is 8.53. The van der Waals surface area contributed by atoms with Gasteiger partial charge in [-0.25, -0.2) is 0 Å². The lowest BCUT2D eigenvalue weighted by atomic mass is 9.59. The van der Waals surface area contributed by atoms with Gasteiger partial charge >= 0.3 is 0 Å². The minimum absolute atomic E-state index is 0.134. The van der Waals surface area contributed by atoms with Crippen LogP contribution >= 0.6 is 23.2 Å². The summed E-state index contributed by atoms with van der Waals surface area (Å²) >= 11 is 13.0. The second-order valence-electron chi connectivity index (χ2n) is 11.6. The summed E-state index contributed by atoms with van der Waals surface area (Å²) in [6.07, 6.45) is 13.4. The second-order valence-corrected chi connectivity index (χ2v) is 12.4. The van der Waals surface area contributed by atoms with Gasteiger partial charge in [-0.15, -0.1) is 0 Å². The van der Waals surface area contributed by atoms with Crippen molar-refractivity contribution in [1.82, 2.24) is 15.1 Å². The third-order valence-corrected chi connectivity index (χ3v) is 9.72. The van der Waals surface area contributed by atoms with Gasteiger partial charge < -0.3 is 18.7 Å². The molecule has 208 valence electrons. The van der Waals surface area contributed by atoms with Crippen LogP contribution in [-0.4, -0.2) is 34.4 Å². The van der Waals surface area contributed by atoms with Gasteiger partial charge in [0.1, 0.15) is 23.0 Å². The van der Waals surface area contributed by atoms with E-state index in [1.165, 1.54) is 0 Å². The average molecular weight is 581 g/mol. The number of hydrogen-bond donors (Lipinski definition) is 0. The molecule has 0 amide bonds. The lowest BCUT2D eigenvalue weighted by Crippen LogP contribution is -2.49. The summed E-state index contributed by atoms with van der Waals surface area (Å²) in [5.41, 5.74) is 3.25. The number of rotatable bonds is 9. The van der Waals surface area contributed by atoms with Gasteiger partial charge in [-0.2, -0.15) is 0 Å². The number of benzene rings is 1. The van der Waals surface area contributed by atoms with Gasteiger partial charge in [0.05, 0.1) is 41.5 Å². The van der Waals surface area contributed by atoms with Crippen molar-refractivity contribution in [1.29, 1.82) is 0 Å². The van der Waals surface area contributed by atoms with E-state index in [0.29, 0.717) is 40.4 Å². The first-order valence-electron chi connectivity index (χ1n) is 14.0. The maximum absolute atomic E-state index is 6.78. The van der Waals surface area contributed by atoms with Gasteiger partial charge in [0.2, 0.25) is 0 Å². The smallest absolute Gasteiger partial charge is 0.145 e. The third-order valence-electron chi connectivity index (χ3n) is 9.15. The fourth-order valence-corrected chi connectivity index (χ4v) is 7.00. The van der Waals surface area contributed by atoms with E-state index in [0.717, 1.165) is 85.1 Å². The minimum atomic E-state index is -0.134. The van der Waals surface area contributed by atoms with Crippen molar-refractivity contribution < 1.29 is 18.7 Å². The van der Waals surface area contributed by atoms with Gasteiger partial charge in [0.15, 0.2) is 0 Å². The molecular formula is C31H31Cl2N3O4. The normalized spacial score (nSPS) is 24.0. The van der Waals surface area contributed by atoms with Crippen molar-refractivity contribution in [3.63, 3.8) is 0 Å². The molecule has 4 aromatic rings. The standard InChI is InChI=1S/C31H31Cl2N3O4/c1-37-26-6-13-35-25-5-4-20(14-21(25)26)38-18-30-7-10-31(11-8-30,12-9-30)39-17-22-28(36-40-29(22)19-2-3-19)27-23(32)15-34-16-24(27)33/h4-6,13-16,19H,2-3,7-12,17-18H2,1H3. The van der Waals surface area contributed by atoms with Crippen LogP contribution in [0.25, 0.3) is 22.2 Å². The molecule has 3 aromatic heterocycles. The molecule has 1 aromatic carbocycles. The predicted octanol–water partition coefficient (Wildman–Crippen LogP) is 8.17. The van der Waals surface area contributed by atoms with E-state index in [1.807, 2.05) is 24.3 Å². The molecule has 40 heavy (non-hydrogen) atoms. The number of ether oxygens (including phenoxy) is 3. The molecule has 0 atom stereocenters. The van der Waals surface area contributed by atoms with E-state index in [4.69, 9.17) is 41.9 Å². The van der Waals surface area contributed by atoms with E-state index in [1.54, 1.807) is 25.7 Å². The molecule has 0 radical (unpaired) electrons. The monoisotopic (exact) mass is 579 g/mol. The quantitative estimate of drug-likeness (QED) is 0.198. The van der Waals surface area contributed by atoms with Crippen LogP contribution in [0.2, 0.25) is 10.0 Å². The first kappa shape index (κ1) is 26.1. The molecule has 0 saturated heterocycles. The molecule has 0 unspecified atom stereocenters. The summed E-state index contributed by atoms with van der Waals surface area (Å²) in [5.74, 6) is 2.96. The molecule has 3 heterocycles. The first-order valence-corrected chi connectivity index (χ1v) is 14.7. The highest BCUT2D eigenvalue weighted by molar-refractivity contribution is 6.38. The fraction of sp³-hybridized carbons (Fsp3) is 0.452. The highest BCUT2D eigenvalue weighted by atomic mass is 35.5. The number of nitrogens with zero attached hydrogens (tertiary/aromatic N) is 3. The molecule has 0 aliphatic heterocycles. The zero-order chi connectivity index (χ0) is 27.3. The Kier molecular flexibility index (Phi) is 6.64. The number of hydrogen-bond acceptors (Lipinski definition) is 7. The molecule has 4 aliphatic carbocycles. The van der Waals surface area contributed by atoms with Crippen molar-refractivity contribution in [2.24, 2.45) is 5.41 Å². The zero-order valence-electron chi connectivity index (χ0n) is 22.4. The average Bonchev–Trinajstić information content (AvgIpc) is 3.75. The molecule has 0 spiro atoms. The van der Waals surface area contributed by atoms with Crippen LogP contribution in [0.3, 0.4) is 0 Å². The second kappa shape index (κ2) is 10.2. The van der Waals surface area contributed by atoms with Crippen molar-refractivity contribution in [2.75, 3.05) is 13.7 Å². The highest BCUT2D eigenvalue weighted by Gasteiger charge is 2.50. The van der Waals surface area contributed by atoms with Crippen LogP contribution < -0.4 is 9.47 Å². The number of fused-ring (bicyclic) bond motifs is 4. The Balaban J connectivity index is 1.04. The van der Waals surface area contributed by atoms with Gasteiger partial charge in [0.25, 0.3) is 0 Å². The van der Waals surface area contributed by atoms with E-state index in [9.17, 15) is 0 Å². The molecule has 4 saturated carbocycles. The molecule has 9 heteroatoms. The van der Waals surface area contributed by atoms with Gasteiger partial charge in [-0.3, -0.25) is 9.97 Å². The van der Waals surface area contributed by atoms with Crippen molar-refractivity contribution in [3.8, 4) is 22.8 Å². The van der Waals surface area contributed by atoms with E-state index >= 15 is 0 Å². The molecule has 4 fully saturated rings. The van der Waals surface area contributed by atoms with Crippen LogP contribution in [0.5, 0.6) is 11.5 Å². The minimum Gasteiger partial charge on any atom is -0.496 e. The summed E-state index contributed by atoms with van der Waals surface area (Å²) in [6, 6.07) is 7.90. The lowest BCUT2D eigenvalue weighted by molar-refractivity contribution is -0.150. The largest absolute Gasteiger partial charge is 0.496 e. The Hall–Kier alpha value is -2.87. The van der Waals surface area contributed by atoms with E-state index in [-0.39, 0.29) is 11.0 Å². The zero-order valence-corrected chi connectivity index (χ0v) is 23.9. The topological polar surface area (TPSA) is 79.5 Å². The van der Waals surface area contributed by atoms with Crippen molar-refractivity contribution in [3.05, 3.63) is 64.2 Å². The van der Waals surface area contributed by atoms with Crippen LogP contribution in [0.15, 0.2) is 47.4 Å². The van der Waals surface area contributed by atoms with Crippen molar-refractivity contribution >= 4 is 34.1 Å². The SMILES string of the molecule is COc1ccnc2ccc(OCC34CCC(OCc5c(-c6c(Cl)cncc6Cl)noc5C5CC5)(CC3)CC4)cc12. The summed E-state index contributed by atoms with van der Waals surface area (Å²) < 4.78 is 24.5. The van der Waals surface area contributed by atoms with Crippen LogP contribution in [-0.2, 0) is 11.3 Å². The lowest BCUT2D eigenvalue weighted by Gasteiger charge is -2.52. The van der Waals surface area contributed by atoms with Gasteiger partial charge in [-0.1, -0.05) is 28.4 Å². The molecular weight excluding hydrogens is 549 g/mol. The van der Waals surface area contributed by atoms with Crippen molar-refractivity contribution in [2.45, 2.75) is 69.5 Å². The fourth-order valence-electron chi connectivity index (χ4n) is 6.45. The first-order chi connectivity index (χ1) is 19.5. The number of halogens is 2. The summed E-state index contributed by atoms with van der Waals surface area (Å²) in [7, 11) is 1.68. The molecule has 7 nitrogen and oxygen atoms in total.